The van der Waals surface area contributed by atoms with Gasteiger partial charge in [-0.2, -0.15) is 0 Å². The number of aliphatic carboxylic acids is 1. The average molecular weight is 501 g/mol. The van der Waals surface area contributed by atoms with Crippen molar-refractivity contribution in [1.82, 2.24) is 9.97 Å². The van der Waals surface area contributed by atoms with Crippen LogP contribution >= 0.6 is 11.6 Å². The van der Waals surface area contributed by atoms with Crippen LogP contribution in [0, 0.1) is 0 Å². The second-order valence-electron chi connectivity index (χ2n) is 8.34. The molecule has 1 atom stereocenters. The monoisotopic (exact) mass is 500 g/mol. The van der Waals surface area contributed by atoms with Gasteiger partial charge in [0.05, 0.1) is 41.6 Å². The number of carboxylic acids is 1. The second-order valence-corrected chi connectivity index (χ2v) is 8.74. The lowest BCUT2D eigenvalue weighted by Crippen LogP contribution is -2.20. The molecule has 1 aromatic heterocycles. The molecule has 2 heterocycles. The van der Waals surface area contributed by atoms with Gasteiger partial charge < -0.3 is 14.6 Å². The van der Waals surface area contributed by atoms with Gasteiger partial charge in [0.15, 0.2) is 5.78 Å². The summed E-state index contributed by atoms with van der Waals surface area (Å²) in [6, 6.07) is 19.6. The van der Waals surface area contributed by atoms with Crippen LogP contribution in [-0.2, 0) is 11.2 Å². The van der Waals surface area contributed by atoms with E-state index >= 15 is 0 Å². The van der Waals surface area contributed by atoms with E-state index in [1.165, 1.54) is 0 Å². The molecule has 0 amide bonds. The van der Waals surface area contributed by atoms with Crippen LogP contribution in [-0.4, -0.2) is 33.4 Å². The van der Waals surface area contributed by atoms with E-state index in [4.69, 9.17) is 21.1 Å². The Balaban J connectivity index is 1.28. The summed E-state index contributed by atoms with van der Waals surface area (Å²) >= 11 is 6.37. The summed E-state index contributed by atoms with van der Waals surface area (Å²) in [5.41, 5.74) is 3.28. The maximum absolute atomic E-state index is 12.8. The van der Waals surface area contributed by atoms with E-state index in [1.807, 2.05) is 30.3 Å². The quantitative estimate of drug-likeness (QED) is 0.312. The highest BCUT2D eigenvalue weighted by Gasteiger charge is 2.29. The molecule has 1 unspecified atom stereocenters. The zero-order valence-corrected chi connectivity index (χ0v) is 19.8. The number of benzene rings is 3. The third-order valence-corrected chi connectivity index (χ3v) is 6.20. The highest BCUT2D eigenvalue weighted by molar-refractivity contribution is 6.32. The van der Waals surface area contributed by atoms with Crippen molar-refractivity contribution in [2.75, 3.05) is 6.61 Å². The number of carbonyl (C=O) groups excluding carboxylic acids is 1. The van der Waals surface area contributed by atoms with E-state index in [2.05, 4.69) is 9.97 Å². The molecule has 5 rings (SSSR count). The molecule has 0 radical (unpaired) electrons. The number of hydrogen-bond donors (Lipinski definition) is 1. The van der Waals surface area contributed by atoms with Crippen molar-refractivity contribution in [2.24, 2.45) is 0 Å². The van der Waals surface area contributed by atoms with Crippen molar-refractivity contribution in [3.05, 3.63) is 101 Å². The Morgan fingerprint density at radius 2 is 1.83 bits per heavy atom. The molecule has 0 fully saturated rings. The van der Waals surface area contributed by atoms with Gasteiger partial charge in [-0.1, -0.05) is 41.9 Å². The number of aromatic nitrogens is 2. The third kappa shape index (κ3) is 5.06. The van der Waals surface area contributed by atoms with Crippen LogP contribution in [0.25, 0.3) is 11.3 Å². The molecule has 1 N–H and O–H groups in total. The fourth-order valence-electron chi connectivity index (χ4n) is 4.07. The molecule has 7 nitrogen and oxygen atoms in total. The maximum Gasteiger partial charge on any atom is 0.311 e. The second kappa shape index (κ2) is 10.2. The third-order valence-electron chi connectivity index (χ3n) is 5.90. The first-order valence-electron chi connectivity index (χ1n) is 11.3. The predicted molar refractivity (Wildman–Crippen MR) is 134 cm³/mol. The van der Waals surface area contributed by atoms with Crippen molar-refractivity contribution in [1.29, 1.82) is 0 Å². The normalized spacial score (nSPS) is 14.4. The number of halogens is 1. The predicted octanol–water partition coefficient (Wildman–Crippen LogP) is 5.97. The number of ether oxygens (including phenoxy) is 2. The number of fused-ring (bicyclic) bond motifs is 1. The van der Waals surface area contributed by atoms with E-state index in [-0.39, 0.29) is 17.2 Å². The molecule has 8 heteroatoms. The van der Waals surface area contributed by atoms with Gasteiger partial charge in [-0.3, -0.25) is 14.6 Å². The standard InChI is InChI=1S/C28H21ClN2O5/c29-23-13-22-21(28(33)34)10-11-35-26(22)14-27(23)36-20-8-6-18(7-9-20)25(32)12-19-15-30-16-24(31-19)17-4-2-1-3-5-17/h1-9,13-16,21H,10-12H2,(H,33,34). The molecule has 4 aromatic rings. The van der Waals surface area contributed by atoms with Crippen LogP contribution in [0.2, 0.25) is 5.02 Å². The van der Waals surface area contributed by atoms with Gasteiger partial charge in [-0.15, -0.1) is 0 Å². The van der Waals surface area contributed by atoms with Crippen molar-refractivity contribution in [2.45, 2.75) is 18.8 Å². The smallest absolute Gasteiger partial charge is 0.311 e. The lowest BCUT2D eigenvalue weighted by Gasteiger charge is -2.24. The summed E-state index contributed by atoms with van der Waals surface area (Å²) in [4.78, 5) is 33.2. The minimum absolute atomic E-state index is 0.0963. The molecule has 36 heavy (non-hydrogen) atoms. The summed E-state index contributed by atoms with van der Waals surface area (Å²) in [7, 11) is 0. The van der Waals surface area contributed by atoms with Crippen LogP contribution in [0.4, 0.5) is 0 Å². The average Bonchev–Trinajstić information content (AvgIpc) is 2.90. The first-order valence-corrected chi connectivity index (χ1v) is 11.7. The van der Waals surface area contributed by atoms with Crippen LogP contribution in [0.5, 0.6) is 17.2 Å². The summed E-state index contributed by atoms with van der Waals surface area (Å²) in [6.45, 7) is 0.306. The SMILES string of the molecule is O=C(Cc1cncc(-c2ccccc2)n1)c1ccc(Oc2cc3c(cc2Cl)C(C(=O)O)CCO3)cc1. The van der Waals surface area contributed by atoms with Crippen LogP contribution < -0.4 is 9.47 Å². The number of hydrogen-bond acceptors (Lipinski definition) is 6. The largest absolute Gasteiger partial charge is 0.493 e. The Labute approximate surface area is 212 Å². The molecule has 1 aliphatic rings. The van der Waals surface area contributed by atoms with Crippen molar-refractivity contribution < 1.29 is 24.2 Å². The van der Waals surface area contributed by atoms with E-state index in [0.717, 1.165) is 5.56 Å². The van der Waals surface area contributed by atoms with Gasteiger partial charge in [0.1, 0.15) is 17.2 Å². The Morgan fingerprint density at radius 1 is 1.06 bits per heavy atom. The van der Waals surface area contributed by atoms with E-state index in [0.29, 0.717) is 52.8 Å². The molecule has 0 aliphatic carbocycles. The van der Waals surface area contributed by atoms with Gasteiger partial charge in [-0.25, -0.2) is 4.98 Å². The van der Waals surface area contributed by atoms with Crippen molar-refractivity contribution in [3.8, 4) is 28.5 Å². The van der Waals surface area contributed by atoms with Gasteiger partial charge >= 0.3 is 5.97 Å². The minimum Gasteiger partial charge on any atom is -0.493 e. The van der Waals surface area contributed by atoms with Crippen molar-refractivity contribution >= 4 is 23.4 Å². The highest BCUT2D eigenvalue weighted by Crippen LogP contribution is 2.41. The van der Waals surface area contributed by atoms with Crippen LogP contribution in [0.3, 0.4) is 0 Å². The Morgan fingerprint density at radius 3 is 2.58 bits per heavy atom. The molecular weight excluding hydrogens is 480 g/mol. The first kappa shape index (κ1) is 23.5. The fourth-order valence-corrected chi connectivity index (χ4v) is 4.28. The van der Waals surface area contributed by atoms with E-state index in [1.54, 1.807) is 48.8 Å². The molecule has 0 saturated heterocycles. The Kier molecular flexibility index (Phi) is 6.64. The molecule has 180 valence electrons. The minimum atomic E-state index is -0.915. The van der Waals surface area contributed by atoms with Crippen LogP contribution in [0.1, 0.15) is 34.0 Å². The zero-order chi connectivity index (χ0) is 25.1. The van der Waals surface area contributed by atoms with E-state index in [9.17, 15) is 14.7 Å². The first-order chi connectivity index (χ1) is 17.5. The molecule has 0 saturated carbocycles. The number of carbonyl (C=O) groups is 2. The van der Waals surface area contributed by atoms with Gasteiger partial charge in [0.25, 0.3) is 0 Å². The van der Waals surface area contributed by atoms with Gasteiger partial charge in [0, 0.05) is 29.0 Å². The molecule has 0 spiro atoms. The number of carboxylic acid groups (broad SMARTS) is 1. The molecule has 3 aromatic carbocycles. The topological polar surface area (TPSA) is 98.6 Å². The van der Waals surface area contributed by atoms with Gasteiger partial charge in [0.2, 0.25) is 0 Å². The van der Waals surface area contributed by atoms with Crippen molar-refractivity contribution in [3.63, 3.8) is 0 Å². The van der Waals surface area contributed by atoms with E-state index < -0.39 is 11.9 Å². The van der Waals surface area contributed by atoms with Gasteiger partial charge in [-0.05, 0) is 36.8 Å². The molecule has 0 bridgehead atoms. The molecular formula is C28H21ClN2O5. The summed E-state index contributed by atoms with van der Waals surface area (Å²) in [5.74, 6) is -0.413. The lowest BCUT2D eigenvalue weighted by molar-refractivity contribution is -0.139. The summed E-state index contributed by atoms with van der Waals surface area (Å²) in [6.07, 6.45) is 3.77. The molecule has 1 aliphatic heterocycles. The lowest BCUT2D eigenvalue weighted by atomic mass is 9.93. The zero-order valence-electron chi connectivity index (χ0n) is 19.1. The highest BCUT2D eigenvalue weighted by atomic mass is 35.5. The summed E-state index contributed by atoms with van der Waals surface area (Å²) in [5, 5.41) is 9.73. The number of nitrogens with zero attached hydrogens (tertiary/aromatic N) is 2. The maximum atomic E-state index is 12.8. The Hall–Kier alpha value is -4.23. The number of Topliss-reactive ketones (excluding diaryl/α,β-unsaturated/α-hetero) is 1. The Bertz CT molecular complexity index is 1420. The van der Waals surface area contributed by atoms with Crippen LogP contribution in [0.15, 0.2) is 79.1 Å². The number of rotatable bonds is 7. The number of ketones is 1. The summed E-state index contributed by atoms with van der Waals surface area (Å²) < 4.78 is 11.5. The fraction of sp³-hybridized carbons (Fsp3) is 0.143.